The molecule has 1 saturated heterocycles. The summed E-state index contributed by atoms with van der Waals surface area (Å²) in [5.74, 6) is 0.407. The fraction of sp³-hybridized carbons (Fsp3) is 0.706. The number of hydrogen-bond donors (Lipinski definition) is 7. The Morgan fingerprint density at radius 3 is 2.36 bits per heavy atom. The molecule has 0 aliphatic carbocycles. The van der Waals surface area contributed by atoms with Crippen LogP contribution in [0, 0.1) is 0 Å². The fourth-order valence-corrected chi connectivity index (χ4v) is 8.81. The van der Waals surface area contributed by atoms with Crippen molar-refractivity contribution in [2.45, 2.75) is 46.1 Å². The first-order valence-electron chi connectivity index (χ1n) is 11.7. The number of hydrogen-bond acceptors (Lipinski definition) is 14. The third-order valence-corrected chi connectivity index (χ3v) is 14.7. The topological polar surface area (TPSA) is 256 Å². The second kappa shape index (κ2) is 14.5. The lowest BCUT2D eigenvalue weighted by atomic mass is 10.1. The molecule has 7 N–H and O–H groups in total. The van der Waals surface area contributed by atoms with Gasteiger partial charge < -0.3 is 39.8 Å². The maximum absolute atomic E-state index is 12.7. The van der Waals surface area contributed by atoms with E-state index in [1.165, 1.54) is 11.8 Å². The first-order chi connectivity index (χ1) is 20.1. The fourth-order valence-electron chi connectivity index (χ4n) is 3.44. The minimum atomic E-state index is -5.97. The molecule has 252 valence electrons. The summed E-state index contributed by atoms with van der Waals surface area (Å²) in [5.41, 5.74) is 0.119. The summed E-state index contributed by atoms with van der Waals surface area (Å²) < 4.78 is 85.1. The molecule has 3 unspecified atom stereocenters. The van der Waals surface area contributed by atoms with E-state index in [2.05, 4.69) is 29.1 Å². The number of halogens is 5. The van der Waals surface area contributed by atoms with Gasteiger partial charge in [-0.25, -0.2) is 23.8 Å². The van der Waals surface area contributed by atoms with Crippen LogP contribution < -0.4 is 5.32 Å². The summed E-state index contributed by atoms with van der Waals surface area (Å²) in [6, 6.07) is 0. The van der Waals surface area contributed by atoms with Crippen LogP contribution >= 0.6 is 69.7 Å². The Labute approximate surface area is 264 Å². The maximum Gasteiger partial charge on any atom is 0.479 e. The molecule has 0 aromatic carbocycles. The highest BCUT2D eigenvalue weighted by Gasteiger charge is 2.62. The van der Waals surface area contributed by atoms with Gasteiger partial charge in [0.1, 0.15) is 18.3 Å². The quantitative estimate of drug-likeness (QED) is 0.0451. The van der Waals surface area contributed by atoms with Crippen LogP contribution in [0.15, 0.2) is 11.5 Å². The van der Waals surface area contributed by atoms with Gasteiger partial charge in [0.05, 0.1) is 19.4 Å². The van der Waals surface area contributed by atoms with Gasteiger partial charge in [0.25, 0.3) is 0 Å². The number of aliphatic hydroxyl groups is 2. The second-order valence-electron chi connectivity index (χ2n) is 8.78. The molecule has 3 rings (SSSR count). The zero-order valence-corrected chi connectivity index (χ0v) is 27.7. The number of ether oxygens (including phenoxy) is 1. The minimum absolute atomic E-state index is 0.0191. The predicted molar refractivity (Wildman–Crippen MR) is 153 cm³/mol. The van der Waals surface area contributed by atoms with Crippen molar-refractivity contribution in [1.82, 2.24) is 19.5 Å². The van der Waals surface area contributed by atoms with Crippen LogP contribution in [0.2, 0.25) is 0 Å². The van der Waals surface area contributed by atoms with Crippen molar-refractivity contribution in [2.24, 2.45) is 0 Å². The molecule has 0 saturated carbocycles. The number of aliphatic hydroxyl groups excluding tert-OH is 2. The Morgan fingerprint density at radius 1 is 1.11 bits per heavy atom. The zero-order valence-electron chi connectivity index (χ0n) is 21.9. The van der Waals surface area contributed by atoms with Crippen molar-refractivity contribution in [3.05, 3.63) is 6.33 Å². The number of nitrogens with one attached hydrogen (secondary N) is 1. The molecule has 44 heavy (non-hydrogen) atoms. The number of fused-ring (bicyclic) bond motifs is 1. The lowest BCUT2D eigenvalue weighted by molar-refractivity contribution is -0.129. The average Bonchev–Trinajstić information content (AvgIpc) is 3.41. The molecule has 1 aliphatic heterocycles. The van der Waals surface area contributed by atoms with E-state index in [4.69, 9.17) is 37.7 Å². The van der Waals surface area contributed by atoms with Crippen molar-refractivity contribution in [1.29, 1.82) is 0 Å². The summed E-state index contributed by atoms with van der Waals surface area (Å²) in [4.78, 5) is 50.4. The number of rotatable bonds is 15. The lowest BCUT2D eigenvalue weighted by Gasteiger charge is -2.26. The van der Waals surface area contributed by atoms with Crippen LogP contribution in [0.4, 0.5) is 19.0 Å². The number of thioether (sulfide) groups is 2. The van der Waals surface area contributed by atoms with Gasteiger partial charge in [-0.15, -0.1) is 0 Å². The highest BCUT2D eigenvalue weighted by Crippen LogP contribution is 2.79. The molecule has 0 amide bonds. The number of phosphoric acid groups is 1. The Kier molecular flexibility index (Phi) is 12.6. The average molecular weight is 776 g/mol. The highest BCUT2D eigenvalue weighted by atomic mass is 35.5. The highest BCUT2D eigenvalue weighted by molar-refractivity contribution is 7.99. The van der Waals surface area contributed by atoms with Crippen LogP contribution in [-0.4, -0.2) is 109 Å². The number of phosphoric ester groups is 1. The van der Waals surface area contributed by atoms with Crippen molar-refractivity contribution >= 4 is 86.7 Å². The maximum atomic E-state index is 12.7. The minimum Gasteiger partial charge on any atom is -0.387 e. The van der Waals surface area contributed by atoms with Crippen LogP contribution in [0.1, 0.15) is 12.6 Å². The van der Waals surface area contributed by atoms with Crippen LogP contribution in [0.25, 0.3) is 11.2 Å². The van der Waals surface area contributed by atoms with Gasteiger partial charge in [0.15, 0.2) is 28.4 Å². The molecule has 0 radical (unpaired) electrons. The van der Waals surface area contributed by atoms with Gasteiger partial charge in [-0.3, -0.25) is 18.2 Å². The molecule has 0 spiro atoms. The van der Waals surface area contributed by atoms with Gasteiger partial charge in [0.2, 0.25) is 0 Å². The summed E-state index contributed by atoms with van der Waals surface area (Å²) in [5, 5.41) is 24.1. The van der Waals surface area contributed by atoms with Crippen LogP contribution in [-0.2, 0) is 27.3 Å². The third-order valence-electron chi connectivity index (χ3n) is 5.53. The molecular formula is C17H25Cl2F3N5O12P3S2. The van der Waals surface area contributed by atoms with E-state index in [1.807, 2.05) is 6.26 Å². The number of anilines is 1. The van der Waals surface area contributed by atoms with E-state index in [-0.39, 0.29) is 22.1 Å². The standard InChI is InChI=1S/C17H25Cl2F3N5O12P3S2/c1-43-5-3-23-12-9-13(26-15(25-12)44-4-2-16(20,21)22)27(7-24-9)14-11(29)10(28)8(38-14)6-37-42(35,36)39-41(33,34)17(18,19)40(30,31)32/h7-8,10-11,14,28-29H,2-6H2,1H3,(H,33,34)(H,35,36)(H,23,25,26)(H2,30,31,32)/t8?,10-,11-,14-/m1/s1. The van der Waals surface area contributed by atoms with E-state index in [0.29, 0.717) is 24.1 Å². The first kappa shape index (κ1) is 38.2. The Morgan fingerprint density at radius 2 is 1.77 bits per heavy atom. The van der Waals surface area contributed by atoms with Gasteiger partial charge in [-0.1, -0.05) is 35.0 Å². The van der Waals surface area contributed by atoms with Gasteiger partial charge in [-0.2, -0.15) is 24.9 Å². The number of aromatic nitrogens is 4. The number of imidazole rings is 1. The largest absolute Gasteiger partial charge is 0.479 e. The number of nitrogens with zero attached hydrogens (tertiary/aromatic N) is 4. The second-order valence-corrected chi connectivity index (χ2v) is 18.9. The van der Waals surface area contributed by atoms with Crippen molar-refractivity contribution in [2.75, 3.05) is 36.2 Å². The van der Waals surface area contributed by atoms with Crippen LogP contribution in [0.3, 0.4) is 0 Å². The summed E-state index contributed by atoms with van der Waals surface area (Å²) in [6.07, 6.45) is -9.29. The molecule has 1 aliphatic rings. The van der Waals surface area contributed by atoms with E-state index in [1.54, 1.807) is 0 Å². The molecule has 6 atom stereocenters. The molecule has 1 fully saturated rings. The summed E-state index contributed by atoms with van der Waals surface area (Å²) in [6.45, 7) is -0.697. The summed E-state index contributed by atoms with van der Waals surface area (Å²) in [7, 11) is -17.4. The molecule has 27 heteroatoms. The Bertz CT molecular complexity index is 1470. The predicted octanol–water partition coefficient (Wildman–Crippen LogP) is 2.85. The molecule has 3 heterocycles. The lowest BCUT2D eigenvalue weighted by Crippen LogP contribution is -2.33. The first-order valence-corrected chi connectivity index (χ1v) is 19.6. The zero-order chi connectivity index (χ0) is 33.3. The number of alkyl halides is 5. The van der Waals surface area contributed by atoms with E-state index >= 15 is 0 Å². The van der Waals surface area contributed by atoms with Gasteiger partial charge >= 0.3 is 33.0 Å². The molecule has 0 bridgehead atoms. The Hall–Kier alpha value is -0.250. The molecule has 17 nitrogen and oxygen atoms in total. The third kappa shape index (κ3) is 9.21. The van der Waals surface area contributed by atoms with Crippen molar-refractivity contribution in [3.63, 3.8) is 0 Å². The summed E-state index contributed by atoms with van der Waals surface area (Å²) >= 11 is 12.6. The SMILES string of the molecule is CSCCNc1nc(SCCC(F)(F)F)nc2c1ncn2[C@@H]1OC(COP(=O)(O)OP(=O)(O)C(Cl)(Cl)P(=O)(O)O)[C@@H](O)[C@H]1O. The molecule has 2 aromatic heterocycles. The smallest absolute Gasteiger partial charge is 0.387 e. The monoisotopic (exact) mass is 775 g/mol. The van der Waals surface area contributed by atoms with Crippen LogP contribution in [0.5, 0.6) is 0 Å². The van der Waals surface area contributed by atoms with E-state index in [0.717, 1.165) is 10.9 Å². The Balaban J connectivity index is 1.82. The molecular weight excluding hydrogens is 751 g/mol. The van der Waals surface area contributed by atoms with E-state index < -0.39 is 76.3 Å². The molecule has 2 aromatic rings. The van der Waals surface area contributed by atoms with Gasteiger partial charge in [-0.05, 0) is 6.26 Å². The van der Waals surface area contributed by atoms with Crippen molar-refractivity contribution < 1.29 is 70.2 Å². The van der Waals surface area contributed by atoms with E-state index in [9.17, 15) is 46.9 Å². The normalized spacial score (nSPS) is 24.4. The van der Waals surface area contributed by atoms with Crippen molar-refractivity contribution in [3.8, 4) is 0 Å². The van der Waals surface area contributed by atoms with Gasteiger partial charge in [0, 0.05) is 18.1 Å².